The zero-order chi connectivity index (χ0) is 27.6. The third kappa shape index (κ3) is 6.11. The number of hydrogen-bond acceptors (Lipinski definition) is 6. The summed E-state index contributed by atoms with van der Waals surface area (Å²) >= 11 is -1.82. The van der Waals surface area contributed by atoms with Crippen molar-refractivity contribution in [1.82, 2.24) is 20.2 Å². The summed E-state index contributed by atoms with van der Waals surface area (Å²) in [6.45, 7) is 0.113. The van der Waals surface area contributed by atoms with Crippen molar-refractivity contribution in [2.24, 2.45) is 0 Å². The van der Waals surface area contributed by atoms with Crippen molar-refractivity contribution in [3.05, 3.63) is 47.7 Å². The van der Waals surface area contributed by atoms with Gasteiger partial charge in [0.15, 0.2) is 0 Å². The number of nitrogens with zero attached hydrogens (tertiary/aromatic N) is 2. The molecule has 5 rings (SSSR count). The summed E-state index contributed by atoms with van der Waals surface area (Å²) in [5.41, 5.74) is 1.50. The number of hydrogen-bond donors (Lipinski definition) is 4. The van der Waals surface area contributed by atoms with Gasteiger partial charge in [0.1, 0.15) is 0 Å². The molecule has 4 N–H and O–H groups in total. The van der Waals surface area contributed by atoms with Crippen molar-refractivity contribution in [2.45, 2.75) is 48.9 Å². The average Bonchev–Trinajstić information content (AvgIpc) is 3.47. The quantitative estimate of drug-likeness (QED) is 0.245. The van der Waals surface area contributed by atoms with Crippen molar-refractivity contribution in [1.29, 1.82) is 0 Å². The van der Waals surface area contributed by atoms with Crippen LogP contribution in [-0.4, -0.2) is 74.4 Å². The Morgan fingerprint density at radius 2 is 2.05 bits per heavy atom. The SMILES string of the molecule is CNC(=O)c1ccc(OC)c(NCC#Cc2nn3c(N[C@@H]4CC[C@@H]5CC[C@H]4N5)cccc3c2[Se]C(F)(F)F)c1. The standard InChI is InChI=1S/C27H29F3N6O2Se/c1-31-26(37)16-8-13-23(38-2)21(15-16)32-14-4-5-20-25(39-27(28,29)30)22-6-3-7-24(36(22)35-20)34-19-12-10-17-9-11-18(19)33-17/h3,6-8,13,15,17-19,32-34H,9-12,14H2,1-2H3,(H,31,37)/t17-,18+,19+/m0/s1. The molecule has 0 saturated carbocycles. The Morgan fingerprint density at radius 1 is 1.23 bits per heavy atom. The van der Waals surface area contributed by atoms with Crippen LogP contribution in [0.2, 0.25) is 0 Å². The summed E-state index contributed by atoms with van der Waals surface area (Å²) in [7, 11) is 3.05. The summed E-state index contributed by atoms with van der Waals surface area (Å²) in [5.74, 6) is 6.66. The van der Waals surface area contributed by atoms with Gasteiger partial charge in [0.2, 0.25) is 0 Å². The maximum atomic E-state index is 13.6. The second-order valence-electron chi connectivity index (χ2n) is 9.46. The first kappa shape index (κ1) is 27.2. The molecule has 39 heavy (non-hydrogen) atoms. The van der Waals surface area contributed by atoms with Gasteiger partial charge in [0, 0.05) is 0 Å². The van der Waals surface area contributed by atoms with Crippen LogP contribution in [0.4, 0.5) is 24.7 Å². The molecule has 2 aliphatic heterocycles. The number of pyridine rings is 1. The third-order valence-electron chi connectivity index (χ3n) is 7.01. The van der Waals surface area contributed by atoms with E-state index in [1.54, 1.807) is 34.8 Å². The number of benzene rings is 1. The number of aromatic nitrogens is 2. The average molecular weight is 606 g/mol. The molecular formula is C27H29F3N6O2Se. The van der Waals surface area contributed by atoms with Crippen LogP contribution >= 0.6 is 0 Å². The van der Waals surface area contributed by atoms with Crippen molar-refractivity contribution >= 4 is 42.3 Å². The van der Waals surface area contributed by atoms with E-state index < -0.39 is 20.0 Å². The van der Waals surface area contributed by atoms with Crippen LogP contribution < -0.4 is 30.5 Å². The molecule has 3 atom stereocenters. The summed E-state index contributed by atoms with van der Waals surface area (Å²) < 4.78 is 47.8. The monoisotopic (exact) mass is 606 g/mol. The molecule has 4 heterocycles. The van der Waals surface area contributed by atoms with Crippen molar-refractivity contribution in [3.8, 4) is 17.6 Å². The Hall–Kier alpha value is -3.39. The minimum atomic E-state index is -4.35. The van der Waals surface area contributed by atoms with Gasteiger partial charge < -0.3 is 0 Å². The minimum absolute atomic E-state index is 0.105. The number of rotatable bonds is 7. The topological polar surface area (TPSA) is 91.7 Å². The van der Waals surface area contributed by atoms with Gasteiger partial charge in [-0.05, 0) is 0 Å². The molecule has 2 bridgehead atoms. The fourth-order valence-electron chi connectivity index (χ4n) is 5.19. The van der Waals surface area contributed by atoms with Crippen molar-refractivity contribution in [3.63, 3.8) is 0 Å². The predicted molar refractivity (Wildman–Crippen MR) is 145 cm³/mol. The summed E-state index contributed by atoms with van der Waals surface area (Å²) in [6.07, 6.45) is 4.32. The van der Waals surface area contributed by atoms with Gasteiger partial charge in [-0.3, -0.25) is 0 Å². The Balaban J connectivity index is 1.41. The molecule has 2 saturated heterocycles. The Labute approximate surface area is 230 Å². The van der Waals surface area contributed by atoms with Crippen molar-refractivity contribution in [2.75, 3.05) is 31.3 Å². The van der Waals surface area contributed by atoms with Gasteiger partial charge in [0.05, 0.1) is 0 Å². The molecule has 0 aliphatic carbocycles. The third-order valence-corrected chi connectivity index (χ3v) is 8.77. The molecule has 0 radical (unpaired) electrons. The number of alkyl halides is 3. The molecule has 1 aromatic carbocycles. The summed E-state index contributed by atoms with van der Waals surface area (Å²) in [4.78, 5) is 12.0. The molecule has 2 fully saturated rings. The number of ether oxygens (including phenoxy) is 1. The van der Waals surface area contributed by atoms with Crippen LogP contribution in [-0.2, 0) is 0 Å². The normalized spacial score (nSPS) is 20.3. The first-order valence-electron chi connectivity index (χ1n) is 12.7. The molecule has 2 aliphatic rings. The second kappa shape index (κ2) is 11.4. The van der Waals surface area contributed by atoms with E-state index in [1.165, 1.54) is 14.2 Å². The molecular weight excluding hydrogens is 576 g/mol. The van der Waals surface area contributed by atoms with Gasteiger partial charge in [-0.1, -0.05) is 0 Å². The number of fused-ring (bicyclic) bond motifs is 3. The maximum absolute atomic E-state index is 13.6. The number of methoxy groups -OCH3 is 1. The van der Waals surface area contributed by atoms with Crippen LogP contribution in [0, 0.1) is 11.8 Å². The summed E-state index contributed by atoms with van der Waals surface area (Å²) in [5, 5.41) is 13.0. The molecule has 3 aromatic rings. The Bertz CT molecular complexity index is 1430. The number of carbonyl (C=O) groups is 1. The van der Waals surface area contributed by atoms with Crippen LogP contribution in [0.3, 0.4) is 0 Å². The first-order chi connectivity index (χ1) is 18.8. The molecule has 12 heteroatoms. The molecule has 0 unspecified atom stereocenters. The van der Waals surface area contributed by atoms with E-state index in [9.17, 15) is 18.0 Å². The number of anilines is 2. The number of amides is 1. The fourth-order valence-corrected chi connectivity index (χ4v) is 6.62. The van der Waals surface area contributed by atoms with Crippen molar-refractivity contribution < 1.29 is 22.7 Å². The van der Waals surface area contributed by atoms with E-state index in [1.807, 2.05) is 6.07 Å². The Morgan fingerprint density at radius 3 is 2.82 bits per heavy atom. The number of piperidine rings is 1. The van der Waals surface area contributed by atoms with Gasteiger partial charge in [-0.15, -0.1) is 0 Å². The van der Waals surface area contributed by atoms with Gasteiger partial charge in [-0.2, -0.15) is 0 Å². The van der Waals surface area contributed by atoms with Gasteiger partial charge in [0.25, 0.3) is 0 Å². The van der Waals surface area contributed by atoms with E-state index in [2.05, 4.69) is 38.2 Å². The predicted octanol–water partition coefficient (Wildman–Crippen LogP) is 2.71. The van der Waals surface area contributed by atoms with Crippen LogP contribution in [0.5, 0.6) is 5.75 Å². The Kier molecular flexibility index (Phi) is 7.93. The number of halogens is 3. The van der Waals surface area contributed by atoms with E-state index in [0.29, 0.717) is 40.4 Å². The van der Waals surface area contributed by atoms with E-state index in [0.717, 1.165) is 25.7 Å². The van der Waals surface area contributed by atoms with Gasteiger partial charge >= 0.3 is 231 Å². The fraction of sp³-hybridized carbons (Fsp3) is 0.407. The van der Waals surface area contributed by atoms with E-state index in [4.69, 9.17) is 4.74 Å². The number of carbonyl (C=O) groups excluding carboxylic acids is 1. The molecule has 8 nitrogen and oxygen atoms in total. The number of nitrogens with one attached hydrogen (secondary N) is 4. The van der Waals surface area contributed by atoms with Crippen LogP contribution in [0.25, 0.3) is 5.52 Å². The molecule has 1 amide bonds. The van der Waals surface area contributed by atoms with Gasteiger partial charge in [-0.25, -0.2) is 0 Å². The first-order valence-corrected chi connectivity index (χ1v) is 14.4. The zero-order valence-corrected chi connectivity index (χ0v) is 23.2. The van der Waals surface area contributed by atoms with Crippen LogP contribution in [0.15, 0.2) is 36.4 Å². The molecule has 0 spiro atoms. The second-order valence-corrected chi connectivity index (χ2v) is 11.7. The molecule has 2 aromatic heterocycles. The zero-order valence-electron chi connectivity index (χ0n) is 21.5. The van der Waals surface area contributed by atoms with E-state index >= 15 is 0 Å². The van der Waals surface area contributed by atoms with Crippen LogP contribution in [0.1, 0.15) is 41.7 Å². The van der Waals surface area contributed by atoms with E-state index in [-0.39, 0.29) is 28.6 Å². The molecule has 206 valence electrons. The summed E-state index contributed by atoms with van der Waals surface area (Å²) in [6, 6.07) is 11.3.